The van der Waals surface area contributed by atoms with Crippen molar-refractivity contribution in [3.05, 3.63) is 18.2 Å². The lowest BCUT2D eigenvalue weighted by Crippen LogP contribution is -2.14. The average Bonchev–Trinajstić information content (AvgIpc) is 2.48. The Morgan fingerprint density at radius 2 is 1.56 bits per heavy atom. The average molecular weight is 394 g/mol. The number of rotatable bonds is 10. The molecule has 0 amide bonds. The molecule has 0 heterocycles. The summed E-state index contributed by atoms with van der Waals surface area (Å²) < 4.78 is 68.7. The van der Waals surface area contributed by atoms with Gasteiger partial charge in [-0.05, 0) is 18.6 Å². The van der Waals surface area contributed by atoms with Gasteiger partial charge in [0.15, 0.2) is 10.6 Å². The standard InChI is InChI=1S/C15H22O8S2/c1-2-3-4-5-6-7-11-14(16)23-12-9-8-10-13(24(17,18)19)15(12)25(20,21)22/h8-10H,2-7,11H2,1H3,(H,17,18,19)(H,20,21,22). The van der Waals surface area contributed by atoms with Crippen LogP contribution in [-0.4, -0.2) is 31.9 Å². The van der Waals surface area contributed by atoms with Gasteiger partial charge in [0.2, 0.25) is 0 Å². The van der Waals surface area contributed by atoms with Crippen LogP contribution >= 0.6 is 0 Å². The highest BCUT2D eigenvalue weighted by atomic mass is 32.2. The van der Waals surface area contributed by atoms with E-state index in [1.165, 1.54) is 0 Å². The van der Waals surface area contributed by atoms with Crippen molar-refractivity contribution in [2.45, 2.75) is 61.7 Å². The molecule has 2 N–H and O–H groups in total. The first-order valence-corrected chi connectivity index (χ1v) is 10.7. The quantitative estimate of drug-likeness (QED) is 0.268. The molecule has 10 heteroatoms. The van der Waals surface area contributed by atoms with E-state index in [1.54, 1.807) is 0 Å². The molecule has 0 aliphatic rings. The maximum atomic E-state index is 11.8. The maximum absolute atomic E-state index is 11.8. The van der Waals surface area contributed by atoms with Crippen molar-refractivity contribution in [1.29, 1.82) is 0 Å². The summed E-state index contributed by atoms with van der Waals surface area (Å²) in [6.45, 7) is 2.09. The Balaban J connectivity index is 2.87. The molecule has 1 rings (SSSR count). The van der Waals surface area contributed by atoms with Gasteiger partial charge in [-0.1, -0.05) is 45.1 Å². The molecule has 0 saturated heterocycles. The summed E-state index contributed by atoms with van der Waals surface area (Å²) in [6, 6.07) is 2.89. The molecule has 0 atom stereocenters. The predicted molar refractivity (Wildman–Crippen MR) is 89.7 cm³/mol. The summed E-state index contributed by atoms with van der Waals surface area (Å²) in [4.78, 5) is 9.62. The highest BCUT2D eigenvalue weighted by Gasteiger charge is 2.29. The lowest BCUT2D eigenvalue weighted by atomic mass is 10.1. The molecule has 25 heavy (non-hydrogen) atoms. The summed E-state index contributed by atoms with van der Waals surface area (Å²) in [5.74, 6) is -1.40. The van der Waals surface area contributed by atoms with Gasteiger partial charge < -0.3 is 4.74 Å². The van der Waals surface area contributed by atoms with E-state index >= 15 is 0 Å². The molecule has 0 aliphatic carbocycles. The SMILES string of the molecule is CCCCCCCCC(=O)Oc1cccc(S(=O)(=O)O)c1S(=O)(=O)O. The van der Waals surface area contributed by atoms with Gasteiger partial charge in [-0.3, -0.25) is 13.9 Å². The van der Waals surface area contributed by atoms with Crippen LogP contribution in [0.3, 0.4) is 0 Å². The van der Waals surface area contributed by atoms with E-state index in [0.717, 1.165) is 50.3 Å². The Labute approximate surface area is 147 Å². The smallest absolute Gasteiger partial charge is 0.311 e. The zero-order valence-corrected chi connectivity index (χ0v) is 15.5. The van der Waals surface area contributed by atoms with Crippen LogP contribution in [0.2, 0.25) is 0 Å². The van der Waals surface area contributed by atoms with Crippen molar-refractivity contribution in [2.24, 2.45) is 0 Å². The molecule has 0 aromatic heterocycles. The van der Waals surface area contributed by atoms with Gasteiger partial charge in [-0.25, -0.2) is 0 Å². The normalized spacial score (nSPS) is 12.1. The van der Waals surface area contributed by atoms with Crippen LogP contribution in [0.15, 0.2) is 28.0 Å². The largest absolute Gasteiger partial charge is 0.425 e. The molecule has 8 nitrogen and oxygen atoms in total. The summed E-state index contributed by atoms with van der Waals surface area (Å²) in [6.07, 6.45) is 5.62. The molecule has 0 unspecified atom stereocenters. The van der Waals surface area contributed by atoms with Crippen LogP contribution in [0, 0.1) is 0 Å². The van der Waals surface area contributed by atoms with Crippen LogP contribution in [0.25, 0.3) is 0 Å². The van der Waals surface area contributed by atoms with Crippen LogP contribution in [0.5, 0.6) is 5.75 Å². The highest BCUT2D eigenvalue weighted by Crippen LogP contribution is 2.31. The molecule has 0 saturated carbocycles. The summed E-state index contributed by atoms with van der Waals surface area (Å²) in [7, 11) is -9.98. The summed E-state index contributed by atoms with van der Waals surface area (Å²) >= 11 is 0. The van der Waals surface area contributed by atoms with Crippen molar-refractivity contribution in [3.63, 3.8) is 0 Å². The number of ether oxygens (including phenoxy) is 1. The zero-order chi connectivity index (χ0) is 19.1. The first kappa shape index (κ1) is 21.6. The third kappa shape index (κ3) is 7.10. The van der Waals surface area contributed by atoms with E-state index in [1.807, 2.05) is 0 Å². The third-order valence-corrected chi connectivity index (χ3v) is 5.40. The van der Waals surface area contributed by atoms with Gasteiger partial charge in [0, 0.05) is 6.42 Å². The van der Waals surface area contributed by atoms with Crippen LogP contribution in [0.1, 0.15) is 51.9 Å². The minimum Gasteiger partial charge on any atom is -0.425 e. The molecule has 0 fully saturated rings. The lowest BCUT2D eigenvalue weighted by Gasteiger charge is -2.11. The van der Waals surface area contributed by atoms with Crippen LogP contribution in [0.4, 0.5) is 0 Å². The van der Waals surface area contributed by atoms with Crippen molar-refractivity contribution in [1.82, 2.24) is 0 Å². The van der Waals surface area contributed by atoms with Gasteiger partial charge in [-0.2, -0.15) is 16.8 Å². The van der Waals surface area contributed by atoms with Gasteiger partial charge >= 0.3 is 5.97 Å². The highest BCUT2D eigenvalue weighted by molar-refractivity contribution is 7.89. The minimum absolute atomic E-state index is 0.0210. The molecule has 0 spiro atoms. The molecular formula is C15H22O8S2. The second kappa shape index (κ2) is 9.27. The fourth-order valence-corrected chi connectivity index (χ4v) is 4.16. The van der Waals surface area contributed by atoms with E-state index in [2.05, 4.69) is 6.92 Å². The summed E-state index contributed by atoms with van der Waals surface area (Å²) in [5, 5.41) is 0. The Hall–Kier alpha value is -1.49. The van der Waals surface area contributed by atoms with Gasteiger partial charge in [-0.15, -0.1) is 0 Å². The second-order valence-corrected chi connectivity index (χ2v) is 8.27. The fourth-order valence-electron chi connectivity index (χ4n) is 2.26. The number of benzene rings is 1. The molecular weight excluding hydrogens is 372 g/mol. The molecule has 0 radical (unpaired) electrons. The van der Waals surface area contributed by atoms with E-state index < -0.39 is 41.7 Å². The second-order valence-electron chi connectivity index (χ2n) is 5.53. The van der Waals surface area contributed by atoms with Gasteiger partial charge in [0.25, 0.3) is 20.2 Å². The fraction of sp³-hybridized carbons (Fsp3) is 0.533. The third-order valence-electron chi connectivity index (χ3n) is 3.44. The van der Waals surface area contributed by atoms with Gasteiger partial charge in [0.1, 0.15) is 4.90 Å². The van der Waals surface area contributed by atoms with E-state index in [-0.39, 0.29) is 6.42 Å². The molecule has 1 aromatic rings. The Kier molecular flexibility index (Phi) is 8.00. The minimum atomic E-state index is -5.04. The monoisotopic (exact) mass is 394 g/mol. The maximum Gasteiger partial charge on any atom is 0.311 e. The van der Waals surface area contributed by atoms with Crippen LogP contribution < -0.4 is 4.74 Å². The predicted octanol–water partition coefficient (Wildman–Crippen LogP) is 2.84. The van der Waals surface area contributed by atoms with E-state index in [0.29, 0.717) is 6.42 Å². The van der Waals surface area contributed by atoms with Crippen molar-refractivity contribution in [3.8, 4) is 5.75 Å². The topological polar surface area (TPSA) is 135 Å². The van der Waals surface area contributed by atoms with E-state index in [4.69, 9.17) is 9.29 Å². The van der Waals surface area contributed by atoms with E-state index in [9.17, 15) is 26.2 Å². The number of esters is 1. The molecule has 0 aliphatic heterocycles. The van der Waals surface area contributed by atoms with Gasteiger partial charge in [0.05, 0.1) is 0 Å². The number of hydrogen-bond donors (Lipinski definition) is 2. The number of carbonyl (C=O) groups excluding carboxylic acids is 1. The Morgan fingerprint density at radius 3 is 2.12 bits per heavy atom. The van der Waals surface area contributed by atoms with Crippen LogP contribution in [-0.2, 0) is 25.0 Å². The number of hydrogen-bond acceptors (Lipinski definition) is 6. The lowest BCUT2D eigenvalue weighted by molar-refractivity contribution is -0.134. The molecule has 0 bridgehead atoms. The number of unbranched alkanes of at least 4 members (excludes halogenated alkanes) is 5. The zero-order valence-electron chi connectivity index (χ0n) is 13.8. The molecule has 1 aromatic carbocycles. The first-order chi connectivity index (χ1) is 11.6. The molecule has 142 valence electrons. The van der Waals surface area contributed by atoms with Crippen molar-refractivity contribution >= 4 is 26.2 Å². The van der Waals surface area contributed by atoms with Crippen molar-refractivity contribution in [2.75, 3.05) is 0 Å². The summed E-state index contributed by atoms with van der Waals surface area (Å²) in [5.41, 5.74) is 0. The van der Waals surface area contributed by atoms with Crippen molar-refractivity contribution < 1.29 is 35.5 Å². The first-order valence-electron chi connectivity index (χ1n) is 7.86. The Morgan fingerprint density at radius 1 is 0.960 bits per heavy atom. The Bertz CT molecular complexity index is 797. The number of carbonyl (C=O) groups is 1.